The molecule has 0 unspecified atom stereocenters. The first-order valence-electron chi connectivity index (χ1n) is 8.19. The van der Waals surface area contributed by atoms with Crippen LogP contribution >= 0.6 is 11.3 Å². The number of fused-ring (bicyclic) bond motifs is 1. The van der Waals surface area contributed by atoms with Crippen molar-refractivity contribution in [2.24, 2.45) is 0 Å². The molecule has 0 spiro atoms. The number of anilines is 1. The third-order valence-electron chi connectivity index (χ3n) is 3.78. The fourth-order valence-electron chi connectivity index (χ4n) is 2.52. The van der Waals surface area contributed by atoms with Crippen molar-refractivity contribution < 1.29 is 9.18 Å². The van der Waals surface area contributed by atoms with E-state index < -0.39 is 11.7 Å². The molecule has 0 atom stereocenters. The molecule has 0 aliphatic carbocycles. The molecular formula is C17H18FN5O2S. The highest BCUT2D eigenvalue weighted by Crippen LogP contribution is 2.28. The Morgan fingerprint density at radius 3 is 2.65 bits per heavy atom. The molecule has 0 aliphatic rings. The SMILES string of the molecule is CCc1cc2c(C(C)C)nn(CC(=O)Nc3ncc(F)cn3)c(=O)c2s1. The summed E-state index contributed by atoms with van der Waals surface area (Å²) < 4.78 is 14.6. The Labute approximate surface area is 152 Å². The molecule has 9 heteroatoms. The summed E-state index contributed by atoms with van der Waals surface area (Å²) in [6.07, 6.45) is 2.74. The summed E-state index contributed by atoms with van der Waals surface area (Å²) >= 11 is 1.43. The highest BCUT2D eigenvalue weighted by molar-refractivity contribution is 7.19. The minimum atomic E-state index is -0.600. The van der Waals surface area contributed by atoms with Crippen molar-refractivity contribution in [3.05, 3.63) is 45.2 Å². The molecule has 0 aromatic carbocycles. The number of amides is 1. The summed E-state index contributed by atoms with van der Waals surface area (Å²) in [6.45, 7) is 5.75. The fourth-order valence-corrected chi connectivity index (χ4v) is 3.57. The Kier molecular flexibility index (Phi) is 5.08. The lowest BCUT2D eigenvalue weighted by atomic mass is 10.1. The van der Waals surface area contributed by atoms with Gasteiger partial charge in [0.15, 0.2) is 5.82 Å². The summed E-state index contributed by atoms with van der Waals surface area (Å²) in [5.41, 5.74) is 0.477. The van der Waals surface area contributed by atoms with Crippen LogP contribution in [0.3, 0.4) is 0 Å². The maximum absolute atomic E-state index is 12.8. The third kappa shape index (κ3) is 3.62. The van der Waals surface area contributed by atoms with Crippen LogP contribution in [0.4, 0.5) is 10.3 Å². The minimum Gasteiger partial charge on any atom is -0.293 e. The number of halogens is 1. The highest BCUT2D eigenvalue weighted by Gasteiger charge is 2.18. The van der Waals surface area contributed by atoms with E-state index in [-0.39, 0.29) is 24.0 Å². The summed E-state index contributed by atoms with van der Waals surface area (Å²) in [5.74, 6) is -1.03. The van der Waals surface area contributed by atoms with Gasteiger partial charge in [-0.15, -0.1) is 11.3 Å². The number of hydrogen-bond acceptors (Lipinski definition) is 6. The molecule has 0 fully saturated rings. The van der Waals surface area contributed by atoms with E-state index in [1.807, 2.05) is 26.8 Å². The second-order valence-electron chi connectivity index (χ2n) is 6.08. The maximum Gasteiger partial charge on any atom is 0.285 e. The maximum atomic E-state index is 12.8. The molecule has 0 saturated heterocycles. The smallest absolute Gasteiger partial charge is 0.285 e. The quantitative estimate of drug-likeness (QED) is 0.741. The number of aryl methyl sites for hydroxylation is 1. The number of thiophene rings is 1. The zero-order valence-electron chi connectivity index (χ0n) is 14.6. The van der Waals surface area contributed by atoms with Gasteiger partial charge in [0.05, 0.1) is 18.1 Å². The van der Waals surface area contributed by atoms with E-state index in [1.165, 1.54) is 11.3 Å². The van der Waals surface area contributed by atoms with Crippen molar-refractivity contribution in [1.29, 1.82) is 0 Å². The van der Waals surface area contributed by atoms with Gasteiger partial charge in [-0.1, -0.05) is 20.8 Å². The van der Waals surface area contributed by atoms with Gasteiger partial charge in [0, 0.05) is 10.3 Å². The van der Waals surface area contributed by atoms with Gasteiger partial charge in [0.2, 0.25) is 11.9 Å². The Morgan fingerprint density at radius 2 is 2.04 bits per heavy atom. The van der Waals surface area contributed by atoms with Crippen LogP contribution in [-0.2, 0) is 17.8 Å². The van der Waals surface area contributed by atoms with E-state index in [4.69, 9.17) is 0 Å². The van der Waals surface area contributed by atoms with E-state index in [1.54, 1.807) is 0 Å². The van der Waals surface area contributed by atoms with Gasteiger partial charge in [-0.05, 0) is 18.4 Å². The molecule has 7 nitrogen and oxygen atoms in total. The molecule has 3 aromatic rings. The molecule has 3 heterocycles. The van der Waals surface area contributed by atoms with Gasteiger partial charge in [-0.25, -0.2) is 19.0 Å². The molecule has 0 radical (unpaired) electrons. The Morgan fingerprint density at radius 1 is 1.35 bits per heavy atom. The van der Waals surface area contributed by atoms with Crippen LogP contribution in [0.2, 0.25) is 0 Å². The van der Waals surface area contributed by atoms with Gasteiger partial charge < -0.3 is 0 Å². The van der Waals surface area contributed by atoms with Crippen molar-refractivity contribution >= 4 is 33.3 Å². The molecule has 136 valence electrons. The second-order valence-corrected chi connectivity index (χ2v) is 7.22. The van der Waals surface area contributed by atoms with Gasteiger partial charge >= 0.3 is 0 Å². The topological polar surface area (TPSA) is 89.8 Å². The number of carbonyl (C=O) groups excluding carboxylic acids is 1. The molecule has 0 bridgehead atoms. The average Bonchev–Trinajstić information content (AvgIpc) is 3.04. The molecular weight excluding hydrogens is 357 g/mol. The molecule has 0 aliphatic heterocycles. The van der Waals surface area contributed by atoms with Crippen LogP contribution in [0.15, 0.2) is 23.3 Å². The van der Waals surface area contributed by atoms with Gasteiger partial charge in [0.1, 0.15) is 11.2 Å². The summed E-state index contributed by atoms with van der Waals surface area (Å²) in [5, 5.41) is 7.68. The van der Waals surface area contributed by atoms with Crippen LogP contribution in [-0.4, -0.2) is 25.7 Å². The van der Waals surface area contributed by atoms with E-state index in [0.29, 0.717) is 4.70 Å². The zero-order chi connectivity index (χ0) is 18.8. The van der Waals surface area contributed by atoms with E-state index in [2.05, 4.69) is 20.4 Å². The van der Waals surface area contributed by atoms with Crippen LogP contribution in [0.5, 0.6) is 0 Å². The van der Waals surface area contributed by atoms with E-state index in [9.17, 15) is 14.0 Å². The van der Waals surface area contributed by atoms with E-state index >= 15 is 0 Å². The fraction of sp³-hybridized carbons (Fsp3) is 0.353. The highest BCUT2D eigenvalue weighted by atomic mass is 32.1. The van der Waals surface area contributed by atoms with Crippen molar-refractivity contribution in [3.63, 3.8) is 0 Å². The lowest BCUT2D eigenvalue weighted by Gasteiger charge is -2.11. The number of hydrogen-bond donors (Lipinski definition) is 1. The Bertz CT molecular complexity index is 1010. The van der Waals surface area contributed by atoms with Crippen LogP contribution in [0, 0.1) is 5.82 Å². The van der Waals surface area contributed by atoms with Crippen LogP contribution in [0.1, 0.15) is 37.3 Å². The lowest BCUT2D eigenvalue weighted by Crippen LogP contribution is -2.30. The first-order valence-corrected chi connectivity index (χ1v) is 9.01. The van der Waals surface area contributed by atoms with Crippen molar-refractivity contribution in [2.45, 2.75) is 39.7 Å². The first kappa shape index (κ1) is 18.1. The minimum absolute atomic E-state index is 0.0287. The van der Waals surface area contributed by atoms with Crippen molar-refractivity contribution in [3.8, 4) is 0 Å². The number of nitrogens with one attached hydrogen (secondary N) is 1. The first-order chi connectivity index (χ1) is 12.4. The standard InChI is InChI=1S/C17H18FN5O2S/c1-4-11-5-12-14(9(2)3)22-23(16(25)15(12)26-11)8-13(24)21-17-19-6-10(18)7-20-17/h5-7,9H,4,8H2,1-3H3,(H,19,20,21,24). The van der Waals surface area contributed by atoms with E-state index in [0.717, 1.165) is 39.5 Å². The summed E-state index contributed by atoms with van der Waals surface area (Å²) in [4.78, 5) is 33.4. The monoisotopic (exact) mass is 375 g/mol. The average molecular weight is 375 g/mol. The number of rotatable bonds is 5. The summed E-state index contributed by atoms with van der Waals surface area (Å²) in [7, 11) is 0. The number of aromatic nitrogens is 4. The van der Waals surface area contributed by atoms with Crippen LogP contribution in [0.25, 0.3) is 10.1 Å². The predicted octanol–water partition coefficient (Wildman–Crippen LogP) is 2.71. The van der Waals surface area contributed by atoms with Crippen molar-refractivity contribution in [1.82, 2.24) is 19.7 Å². The molecule has 0 saturated carbocycles. The molecule has 3 aromatic heterocycles. The second kappa shape index (κ2) is 7.28. The van der Waals surface area contributed by atoms with Crippen LogP contribution < -0.4 is 10.9 Å². The normalized spacial score (nSPS) is 11.3. The molecule has 26 heavy (non-hydrogen) atoms. The predicted molar refractivity (Wildman–Crippen MR) is 98.0 cm³/mol. The third-order valence-corrected chi connectivity index (χ3v) is 5.04. The largest absolute Gasteiger partial charge is 0.293 e. The van der Waals surface area contributed by atoms with Crippen molar-refractivity contribution in [2.75, 3.05) is 5.32 Å². The molecule has 1 amide bonds. The molecule has 3 rings (SSSR count). The Hall–Kier alpha value is -2.68. The summed E-state index contributed by atoms with van der Waals surface area (Å²) in [6, 6.07) is 2.00. The molecule has 1 N–H and O–H groups in total. The van der Waals surface area contributed by atoms with Gasteiger partial charge in [0.25, 0.3) is 5.56 Å². The lowest BCUT2D eigenvalue weighted by molar-refractivity contribution is -0.117. The number of carbonyl (C=O) groups is 1. The Balaban J connectivity index is 1.94. The number of nitrogens with zero attached hydrogens (tertiary/aromatic N) is 4. The van der Waals surface area contributed by atoms with Gasteiger partial charge in [-0.3, -0.25) is 14.9 Å². The van der Waals surface area contributed by atoms with Gasteiger partial charge in [-0.2, -0.15) is 5.10 Å². The zero-order valence-corrected chi connectivity index (χ0v) is 15.4.